The molecule has 0 aromatic carbocycles. The van der Waals surface area contributed by atoms with Crippen molar-refractivity contribution in [3.05, 3.63) is 11.6 Å². The molecule has 0 bridgehead atoms. The third-order valence-electron chi connectivity index (χ3n) is 2.31. The largest absolute Gasteiger partial charge is 0.352 e. The molecular weight excluding hydrogens is 256 g/mol. The lowest BCUT2D eigenvalue weighted by molar-refractivity contribution is -0.118. The third kappa shape index (κ3) is 8.52. The van der Waals surface area contributed by atoms with Crippen LogP contribution in [0.25, 0.3) is 0 Å². The number of nitrogens with one attached hydrogen (secondary N) is 2. The summed E-state index contributed by atoms with van der Waals surface area (Å²) in [5.41, 5.74) is 1.34. The highest BCUT2D eigenvalue weighted by Gasteiger charge is 2.13. The van der Waals surface area contributed by atoms with Crippen LogP contribution in [0.5, 0.6) is 0 Å². The van der Waals surface area contributed by atoms with Crippen LogP contribution < -0.4 is 10.6 Å². The van der Waals surface area contributed by atoms with E-state index in [9.17, 15) is 4.79 Å². The zero-order chi connectivity index (χ0) is 12.0. The van der Waals surface area contributed by atoms with Crippen molar-refractivity contribution in [1.82, 2.24) is 10.6 Å². The van der Waals surface area contributed by atoms with Crippen molar-refractivity contribution in [3.63, 3.8) is 0 Å². The number of amides is 1. The highest BCUT2D eigenvalue weighted by atomic mass is 35.5. The Morgan fingerprint density at radius 3 is 2.76 bits per heavy atom. The molecule has 1 aliphatic heterocycles. The predicted octanol–water partition coefficient (Wildman–Crippen LogP) is 1.98. The maximum absolute atomic E-state index is 11.6. The van der Waals surface area contributed by atoms with Crippen LogP contribution in [0.1, 0.15) is 27.2 Å². The Kier molecular flexibility index (Phi) is 7.92. The highest BCUT2D eigenvalue weighted by molar-refractivity contribution is 8.01. The van der Waals surface area contributed by atoms with Gasteiger partial charge in [0, 0.05) is 17.8 Å². The molecule has 3 nitrogen and oxygen atoms in total. The number of halogens is 1. The van der Waals surface area contributed by atoms with E-state index in [1.165, 1.54) is 5.57 Å². The lowest BCUT2D eigenvalue weighted by Gasteiger charge is -2.18. The molecule has 17 heavy (non-hydrogen) atoms. The smallest absolute Gasteiger partial charge is 0.230 e. The molecule has 0 aromatic rings. The normalized spacial score (nSPS) is 15.8. The van der Waals surface area contributed by atoms with Crippen molar-refractivity contribution < 1.29 is 4.79 Å². The van der Waals surface area contributed by atoms with Crippen LogP contribution in [0.2, 0.25) is 0 Å². The molecule has 0 fully saturated rings. The average Bonchev–Trinajstić information content (AvgIpc) is 2.24. The molecule has 0 unspecified atom stereocenters. The molecule has 1 amide bonds. The Bertz CT molecular complexity index is 274. The van der Waals surface area contributed by atoms with Crippen LogP contribution in [0.4, 0.5) is 0 Å². The lowest BCUT2D eigenvalue weighted by Crippen LogP contribution is -2.31. The molecule has 0 radical (unpaired) electrons. The molecule has 1 heterocycles. The summed E-state index contributed by atoms with van der Waals surface area (Å²) < 4.78 is 0.158. The Hall–Kier alpha value is -0.190. The van der Waals surface area contributed by atoms with E-state index < -0.39 is 0 Å². The van der Waals surface area contributed by atoms with Crippen LogP contribution in [-0.4, -0.2) is 36.0 Å². The molecule has 0 aliphatic carbocycles. The van der Waals surface area contributed by atoms with Crippen LogP contribution in [0.15, 0.2) is 11.6 Å². The van der Waals surface area contributed by atoms with Gasteiger partial charge in [0.2, 0.25) is 5.91 Å². The van der Waals surface area contributed by atoms with E-state index in [-0.39, 0.29) is 23.1 Å². The van der Waals surface area contributed by atoms with Gasteiger partial charge in [0.15, 0.2) is 0 Å². The molecule has 0 saturated carbocycles. The van der Waals surface area contributed by atoms with Gasteiger partial charge in [-0.3, -0.25) is 4.79 Å². The van der Waals surface area contributed by atoms with Crippen molar-refractivity contribution in [2.75, 3.05) is 25.4 Å². The van der Waals surface area contributed by atoms with Crippen LogP contribution in [0, 0.1) is 0 Å². The van der Waals surface area contributed by atoms with Crippen LogP contribution in [-0.2, 0) is 4.79 Å². The first-order valence-corrected chi connectivity index (χ1v) is 6.75. The van der Waals surface area contributed by atoms with E-state index in [0.29, 0.717) is 12.3 Å². The second kappa shape index (κ2) is 8.01. The van der Waals surface area contributed by atoms with Gasteiger partial charge in [-0.25, -0.2) is 0 Å². The number of carbonyl (C=O) groups excluding carboxylic acids is 1. The summed E-state index contributed by atoms with van der Waals surface area (Å²) in [4.78, 5) is 11.6. The molecule has 5 heteroatoms. The van der Waals surface area contributed by atoms with E-state index >= 15 is 0 Å². The molecule has 0 spiro atoms. The monoisotopic (exact) mass is 278 g/mol. The second-order valence-corrected chi connectivity index (χ2v) is 6.80. The summed E-state index contributed by atoms with van der Waals surface area (Å²) in [5, 5.41) is 6.22. The molecule has 0 aromatic heterocycles. The SMILES string of the molecule is CC(C)(C)SCC(=O)NCC1=CCNCC1.Cl. The van der Waals surface area contributed by atoms with E-state index in [0.717, 1.165) is 19.5 Å². The standard InChI is InChI=1S/C12H22N2OS.ClH/c1-12(2,3)16-9-11(15)14-8-10-4-6-13-7-5-10;/h4,13H,5-9H2,1-3H3,(H,14,15);1H. The maximum Gasteiger partial charge on any atom is 0.230 e. The van der Waals surface area contributed by atoms with Crippen LogP contribution in [0.3, 0.4) is 0 Å². The van der Waals surface area contributed by atoms with E-state index in [2.05, 4.69) is 37.5 Å². The molecule has 1 rings (SSSR count). The van der Waals surface area contributed by atoms with Crippen molar-refractivity contribution >= 4 is 30.1 Å². The summed E-state index contributed by atoms with van der Waals surface area (Å²) in [6.45, 7) is 9.05. The summed E-state index contributed by atoms with van der Waals surface area (Å²) in [5.74, 6) is 0.689. The molecule has 0 saturated heterocycles. The van der Waals surface area contributed by atoms with Crippen LogP contribution >= 0.6 is 24.2 Å². The minimum absolute atomic E-state index is 0. The van der Waals surface area contributed by atoms with Gasteiger partial charge < -0.3 is 10.6 Å². The number of thioether (sulfide) groups is 1. The topological polar surface area (TPSA) is 41.1 Å². The summed E-state index contributed by atoms with van der Waals surface area (Å²) >= 11 is 1.68. The van der Waals surface area contributed by atoms with Gasteiger partial charge in [-0.1, -0.05) is 32.4 Å². The van der Waals surface area contributed by atoms with Gasteiger partial charge in [-0.2, -0.15) is 0 Å². The van der Waals surface area contributed by atoms with E-state index in [4.69, 9.17) is 0 Å². The van der Waals surface area contributed by atoms with Crippen molar-refractivity contribution in [1.29, 1.82) is 0 Å². The molecule has 2 N–H and O–H groups in total. The molecular formula is C12H23ClN2OS. The Balaban J connectivity index is 0.00000256. The quantitative estimate of drug-likeness (QED) is 0.773. The zero-order valence-corrected chi connectivity index (χ0v) is 12.5. The fraction of sp³-hybridized carbons (Fsp3) is 0.750. The van der Waals surface area contributed by atoms with Gasteiger partial charge in [0.1, 0.15) is 0 Å². The number of hydrogen-bond donors (Lipinski definition) is 2. The minimum Gasteiger partial charge on any atom is -0.352 e. The zero-order valence-electron chi connectivity index (χ0n) is 10.8. The second-order valence-electron chi connectivity index (χ2n) is 4.99. The Morgan fingerprint density at radius 2 is 2.24 bits per heavy atom. The van der Waals surface area contributed by atoms with Gasteiger partial charge in [0.05, 0.1) is 5.75 Å². The number of hydrogen-bond acceptors (Lipinski definition) is 3. The lowest BCUT2D eigenvalue weighted by atomic mass is 10.1. The number of rotatable bonds is 4. The van der Waals surface area contributed by atoms with Gasteiger partial charge in [-0.15, -0.1) is 24.2 Å². The van der Waals surface area contributed by atoms with Gasteiger partial charge in [-0.05, 0) is 13.0 Å². The summed E-state index contributed by atoms with van der Waals surface area (Å²) in [6, 6.07) is 0. The predicted molar refractivity (Wildman–Crippen MR) is 78.0 cm³/mol. The first-order valence-electron chi connectivity index (χ1n) is 5.77. The molecule has 0 atom stereocenters. The Morgan fingerprint density at radius 1 is 1.53 bits per heavy atom. The van der Waals surface area contributed by atoms with E-state index in [1.54, 1.807) is 11.8 Å². The fourth-order valence-corrected chi connectivity index (χ4v) is 2.04. The van der Waals surface area contributed by atoms with Gasteiger partial charge in [0.25, 0.3) is 0 Å². The Labute approximate surface area is 115 Å². The first kappa shape index (κ1) is 16.8. The maximum atomic E-state index is 11.6. The van der Waals surface area contributed by atoms with Gasteiger partial charge >= 0.3 is 0 Å². The third-order valence-corrected chi connectivity index (χ3v) is 3.58. The minimum atomic E-state index is 0. The number of carbonyl (C=O) groups is 1. The van der Waals surface area contributed by atoms with Crippen molar-refractivity contribution in [3.8, 4) is 0 Å². The van der Waals surface area contributed by atoms with E-state index in [1.807, 2.05) is 0 Å². The van der Waals surface area contributed by atoms with Crippen molar-refractivity contribution in [2.45, 2.75) is 31.9 Å². The highest BCUT2D eigenvalue weighted by Crippen LogP contribution is 2.22. The molecule has 100 valence electrons. The average molecular weight is 279 g/mol. The van der Waals surface area contributed by atoms with Crippen molar-refractivity contribution in [2.24, 2.45) is 0 Å². The fourth-order valence-electron chi connectivity index (χ4n) is 1.38. The summed E-state index contributed by atoms with van der Waals surface area (Å²) in [6.07, 6.45) is 3.22. The summed E-state index contributed by atoms with van der Waals surface area (Å²) in [7, 11) is 0. The first-order chi connectivity index (χ1) is 7.47. The molecule has 1 aliphatic rings.